The molecule has 1 aromatic carbocycles. The Hall–Kier alpha value is -2.47. The highest BCUT2D eigenvalue weighted by Gasteiger charge is 2.19. The number of furan rings is 1. The number of carbonyl (C=O) groups is 2. The van der Waals surface area contributed by atoms with Crippen LogP contribution in [0.1, 0.15) is 33.0 Å². The average Bonchev–Trinajstić information content (AvgIpc) is 3.06. The summed E-state index contributed by atoms with van der Waals surface area (Å²) in [4.78, 5) is 25.2. The van der Waals surface area contributed by atoms with Gasteiger partial charge in [-0.3, -0.25) is 4.79 Å². The Kier molecular flexibility index (Phi) is 6.91. The van der Waals surface area contributed by atoms with Gasteiger partial charge in [0.1, 0.15) is 17.1 Å². The fraction of sp³-hybridized carbons (Fsp3) is 0.400. The lowest BCUT2D eigenvalue weighted by molar-refractivity contribution is -0.121. The Morgan fingerprint density at radius 3 is 2.44 bits per heavy atom. The minimum Gasteiger partial charge on any atom is -0.459 e. The third kappa shape index (κ3) is 6.98. The lowest BCUT2D eigenvalue weighted by atomic mass is 10.2. The summed E-state index contributed by atoms with van der Waals surface area (Å²) in [6.07, 6.45) is -0.269. The molecule has 0 spiro atoms. The highest BCUT2D eigenvalue weighted by Crippen LogP contribution is 2.23. The van der Waals surface area contributed by atoms with Gasteiger partial charge < -0.3 is 19.4 Å². The predicted octanol–water partition coefficient (Wildman–Crippen LogP) is 4.47. The Morgan fingerprint density at radius 2 is 1.81 bits per heavy atom. The van der Waals surface area contributed by atoms with Gasteiger partial charge in [0.25, 0.3) is 0 Å². The molecule has 6 nitrogen and oxygen atoms in total. The Labute approximate surface area is 164 Å². The number of rotatable bonds is 6. The molecule has 1 aromatic heterocycles. The van der Waals surface area contributed by atoms with Crippen molar-refractivity contribution in [1.82, 2.24) is 10.2 Å². The first-order chi connectivity index (χ1) is 12.6. The molecule has 2 aromatic rings. The predicted molar refractivity (Wildman–Crippen MR) is 104 cm³/mol. The number of amides is 2. The molecule has 0 aliphatic heterocycles. The Morgan fingerprint density at radius 1 is 1.15 bits per heavy atom. The van der Waals surface area contributed by atoms with Gasteiger partial charge in [0, 0.05) is 30.6 Å². The Balaban J connectivity index is 1.77. The van der Waals surface area contributed by atoms with Crippen molar-refractivity contribution >= 4 is 23.6 Å². The van der Waals surface area contributed by atoms with Gasteiger partial charge in [0.15, 0.2) is 0 Å². The molecular weight excluding hydrogens is 368 g/mol. The number of hydrogen-bond donors (Lipinski definition) is 1. The molecule has 0 saturated heterocycles. The minimum atomic E-state index is -0.561. The number of carbonyl (C=O) groups excluding carboxylic acids is 2. The van der Waals surface area contributed by atoms with E-state index in [0.29, 0.717) is 16.5 Å². The summed E-state index contributed by atoms with van der Waals surface area (Å²) in [7, 11) is 1.60. The van der Waals surface area contributed by atoms with Crippen molar-refractivity contribution in [1.29, 1.82) is 0 Å². The van der Waals surface area contributed by atoms with Gasteiger partial charge in [-0.2, -0.15) is 0 Å². The second-order valence-electron chi connectivity index (χ2n) is 7.20. The molecular formula is C20H25ClN2O4. The monoisotopic (exact) mass is 392 g/mol. The maximum Gasteiger partial charge on any atom is 0.410 e. The van der Waals surface area contributed by atoms with Gasteiger partial charge in [-0.15, -0.1) is 0 Å². The summed E-state index contributed by atoms with van der Waals surface area (Å²) in [6.45, 7) is 5.95. The van der Waals surface area contributed by atoms with Crippen molar-refractivity contribution in [3.8, 4) is 11.3 Å². The summed E-state index contributed by atoms with van der Waals surface area (Å²) in [5.74, 6) is 1.18. The summed E-state index contributed by atoms with van der Waals surface area (Å²) >= 11 is 5.88. The van der Waals surface area contributed by atoms with E-state index in [1.165, 1.54) is 4.90 Å². The first-order valence-corrected chi connectivity index (χ1v) is 9.07. The molecule has 2 rings (SSSR count). The van der Waals surface area contributed by atoms with Crippen LogP contribution in [0.5, 0.6) is 0 Å². The fourth-order valence-corrected chi connectivity index (χ4v) is 2.34. The average molecular weight is 393 g/mol. The van der Waals surface area contributed by atoms with Crippen molar-refractivity contribution in [3.05, 3.63) is 47.2 Å². The number of benzene rings is 1. The third-order valence-electron chi connectivity index (χ3n) is 3.63. The molecule has 1 heterocycles. The molecule has 0 bridgehead atoms. The van der Waals surface area contributed by atoms with Gasteiger partial charge >= 0.3 is 6.09 Å². The summed E-state index contributed by atoms with van der Waals surface area (Å²) in [5.41, 5.74) is 0.352. The van der Waals surface area contributed by atoms with Gasteiger partial charge in [0.2, 0.25) is 5.91 Å². The molecule has 0 radical (unpaired) electrons. The molecule has 0 unspecified atom stereocenters. The van der Waals surface area contributed by atoms with E-state index in [9.17, 15) is 9.59 Å². The number of ether oxygens (including phenoxy) is 1. The van der Waals surface area contributed by atoms with E-state index in [1.807, 2.05) is 24.3 Å². The smallest absolute Gasteiger partial charge is 0.410 e. The Bertz CT molecular complexity index is 778. The van der Waals surface area contributed by atoms with E-state index in [4.69, 9.17) is 20.8 Å². The van der Waals surface area contributed by atoms with Crippen LogP contribution in [0.25, 0.3) is 11.3 Å². The molecule has 2 amide bonds. The number of nitrogens with one attached hydrogen (secondary N) is 1. The van der Waals surface area contributed by atoms with Crippen LogP contribution < -0.4 is 5.32 Å². The molecule has 0 aliphatic carbocycles. The summed E-state index contributed by atoms with van der Waals surface area (Å²) in [5, 5.41) is 3.44. The van der Waals surface area contributed by atoms with Crippen molar-refractivity contribution in [2.75, 3.05) is 13.6 Å². The SMILES string of the molecule is CN(CCC(=O)NCc1ccc(-c2ccc(Cl)cc2)o1)C(=O)OC(C)(C)C. The van der Waals surface area contributed by atoms with Crippen LogP contribution in [-0.4, -0.2) is 36.1 Å². The van der Waals surface area contributed by atoms with Crippen LogP contribution in [-0.2, 0) is 16.1 Å². The molecule has 27 heavy (non-hydrogen) atoms. The molecule has 146 valence electrons. The maximum absolute atomic E-state index is 12.0. The maximum atomic E-state index is 12.0. The largest absolute Gasteiger partial charge is 0.459 e. The van der Waals surface area contributed by atoms with E-state index in [-0.39, 0.29) is 25.4 Å². The van der Waals surface area contributed by atoms with E-state index >= 15 is 0 Å². The molecule has 7 heteroatoms. The van der Waals surface area contributed by atoms with Crippen LogP contribution in [0, 0.1) is 0 Å². The highest BCUT2D eigenvalue weighted by molar-refractivity contribution is 6.30. The number of halogens is 1. The van der Waals surface area contributed by atoms with Crippen LogP contribution in [0.3, 0.4) is 0 Å². The van der Waals surface area contributed by atoms with E-state index in [1.54, 1.807) is 40.0 Å². The van der Waals surface area contributed by atoms with E-state index < -0.39 is 11.7 Å². The number of hydrogen-bond acceptors (Lipinski definition) is 4. The molecule has 0 fully saturated rings. The molecule has 1 N–H and O–H groups in total. The second kappa shape index (κ2) is 8.95. The standard InChI is InChI=1S/C20H25ClN2O4/c1-20(2,3)27-19(25)23(4)12-11-18(24)22-13-16-9-10-17(26-16)14-5-7-15(21)8-6-14/h5-10H,11-13H2,1-4H3,(H,22,24). The molecule has 0 atom stereocenters. The first kappa shape index (κ1) is 20.8. The van der Waals surface area contributed by atoms with Crippen molar-refractivity contribution in [2.24, 2.45) is 0 Å². The fourth-order valence-electron chi connectivity index (χ4n) is 2.22. The highest BCUT2D eigenvalue weighted by atomic mass is 35.5. The van der Waals surface area contributed by atoms with Gasteiger partial charge in [-0.05, 0) is 57.2 Å². The van der Waals surface area contributed by atoms with Gasteiger partial charge in [-0.25, -0.2) is 4.79 Å². The lowest BCUT2D eigenvalue weighted by Crippen LogP contribution is -2.36. The lowest BCUT2D eigenvalue weighted by Gasteiger charge is -2.24. The zero-order valence-electron chi connectivity index (χ0n) is 16.0. The molecule has 0 saturated carbocycles. The van der Waals surface area contributed by atoms with E-state index in [0.717, 1.165) is 5.56 Å². The summed E-state index contributed by atoms with van der Waals surface area (Å²) < 4.78 is 11.0. The summed E-state index contributed by atoms with van der Waals surface area (Å²) in [6, 6.07) is 11.0. The van der Waals surface area contributed by atoms with Crippen molar-refractivity contribution in [3.63, 3.8) is 0 Å². The van der Waals surface area contributed by atoms with Crippen LogP contribution in [0.4, 0.5) is 4.79 Å². The van der Waals surface area contributed by atoms with Gasteiger partial charge in [-0.1, -0.05) is 11.6 Å². The zero-order valence-corrected chi connectivity index (χ0v) is 16.8. The third-order valence-corrected chi connectivity index (χ3v) is 3.88. The molecule has 0 aliphatic rings. The second-order valence-corrected chi connectivity index (χ2v) is 7.64. The zero-order chi connectivity index (χ0) is 20.0. The van der Waals surface area contributed by atoms with Crippen LogP contribution >= 0.6 is 11.6 Å². The van der Waals surface area contributed by atoms with Gasteiger partial charge in [0.05, 0.1) is 6.54 Å². The van der Waals surface area contributed by atoms with Crippen molar-refractivity contribution in [2.45, 2.75) is 39.3 Å². The first-order valence-electron chi connectivity index (χ1n) is 8.69. The minimum absolute atomic E-state index is 0.171. The van der Waals surface area contributed by atoms with Crippen LogP contribution in [0.2, 0.25) is 5.02 Å². The normalized spacial score (nSPS) is 11.1. The van der Waals surface area contributed by atoms with Crippen LogP contribution in [0.15, 0.2) is 40.8 Å². The number of nitrogens with zero attached hydrogens (tertiary/aromatic N) is 1. The quantitative estimate of drug-likeness (QED) is 0.787. The van der Waals surface area contributed by atoms with E-state index in [2.05, 4.69) is 5.32 Å². The topological polar surface area (TPSA) is 71.8 Å². The van der Waals surface area contributed by atoms with Crippen molar-refractivity contribution < 1.29 is 18.7 Å².